The van der Waals surface area contributed by atoms with Gasteiger partial charge in [0.1, 0.15) is 28.8 Å². The summed E-state index contributed by atoms with van der Waals surface area (Å²) in [7, 11) is -3.65. The van der Waals surface area contributed by atoms with Crippen LogP contribution in [0.1, 0.15) is 49.6 Å². The summed E-state index contributed by atoms with van der Waals surface area (Å²) in [5, 5.41) is 4.64. The fourth-order valence-electron chi connectivity index (χ4n) is 5.28. The second-order valence-corrected chi connectivity index (χ2v) is 15.6. The second-order valence-electron chi connectivity index (χ2n) is 12.3. The van der Waals surface area contributed by atoms with Gasteiger partial charge in [-0.15, -0.1) is 11.8 Å². The summed E-state index contributed by atoms with van der Waals surface area (Å²) >= 11 is 7.78. The van der Waals surface area contributed by atoms with E-state index >= 15 is 0 Å². The zero-order chi connectivity index (χ0) is 35.5. The molecule has 12 nitrogen and oxygen atoms in total. The lowest BCUT2D eigenvalue weighted by Crippen LogP contribution is -2.71. The minimum atomic E-state index is -3.65. The van der Waals surface area contributed by atoms with Crippen LogP contribution < -0.4 is 15.4 Å². The van der Waals surface area contributed by atoms with Gasteiger partial charge in [0.2, 0.25) is 15.9 Å². The van der Waals surface area contributed by atoms with E-state index in [1.165, 1.54) is 40.9 Å². The fourth-order valence-corrected chi connectivity index (χ4v) is 7.38. The lowest BCUT2D eigenvalue weighted by Gasteiger charge is -2.49. The van der Waals surface area contributed by atoms with E-state index in [4.69, 9.17) is 21.1 Å². The molecule has 49 heavy (non-hydrogen) atoms. The first-order chi connectivity index (χ1) is 23.1. The molecule has 258 valence electrons. The number of esters is 1. The lowest BCUT2D eigenvalue weighted by atomic mass is 10.0. The van der Waals surface area contributed by atoms with Gasteiger partial charge in [0.05, 0.1) is 11.3 Å². The van der Waals surface area contributed by atoms with Gasteiger partial charge in [0.25, 0.3) is 5.91 Å². The third kappa shape index (κ3) is 8.74. The second kappa shape index (κ2) is 14.5. The molecule has 2 aliphatic rings. The van der Waals surface area contributed by atoms with Crippen molar-refractivity contribution in [2.75, 3.05) is 16.7 Å². The number of carbonyl (C=O) groups is 4. The molecule has 15 heteroatoms. The van der Waals surface area contributed by atoms with Gasteiger partial charge in [-0.3, -0.25) is 19.2 Å². The van der Waals surface area contributed by atoms with Crippen molar-refractivity contribution < 1.29 is 37.1 Å². The minimum Gasteiger partial charge on any atom is -0.448 e. The summed E-state index contributed by atoms with van der Waals surface area (Å²) in [6.45, 7) is 4.97. The third-order valence-electron chi connectivity index (χ3n) is 7.29. The topological polar surface area (TPSA) is 160 Å². The minimum absolute atomic E-state index is 0.110. The number of β-lactam (4-membered cyclic amide) rings is 1. The smallest absolute Gasteiger partial charge is 0.408 e. The zero-order valence-corrected chi connectivity index (χ0v) is 29.4. The van der Waals surface area contributed by atoms with E-state index in [2.05, 4.69) is 15.4 Å². The van der Waals surface area contributed by atoms with Crippen LogP contribution in [0, 0.1) is 0 Å². The van der Waals surface area contributed by atoms with Crippen LogP contribution in [0.3, 0.4) is 0 Å². The number of halogens is 1. The first kappa shape index (κ1) is 35.8. The SMILES string of the molecule is CC(C)(C)OC(=O)NC(C(=O)N[C@@H]1C(=O)N2C(C(=O)OC(c3ccccc3)c3ccccc3)=C(Cl)CS[C@@H]12)c1cccc(NS(C)(=O)=O)c1. The van der Waals surface area contributed by atoms with Crippen LogP contribution in [0.2, 0.25) is 0 Å². The van der Waals surface area contributed by atoms with Crippen LogP contribution in [-0.2, 0) is 33.9 Å². The molecular weight excluding hydrogens is 692 g/mol. The normalized spacial score (nSPS) is 18.2. The highest BCUT2D eigenvalue weighted by Crippen LogP contribution is 2.42. The molecule has 3 amide bonds. The summed E-state index contributed by atoms with van der Waals surface area (Å²) < 4.78 is 37.4. The van der Waals surface area contributed by atoms with Crippen molar-refractivity contribution in [2.45, 2.75) is 49.9 Å². The maximum Gasteiger partial charge on any atom is 0.408 e. The third-order valence-corrected chi connectivity index (χ3v) is 9.65. The Labute approximate surface area is 293 Å². The van der Waals surface area contributed by atoms with E-state index in [0.717, 1.165) is 17.4 Å². The Balaban J connectivity index is 1.36. The number of hydrogen-bond donors (Lipinski definition) is 3. The van der Waals surface area contributed by atoms with Crippen molar-refractivity contribution in [3.63, 3.8) is 0 Å². The number of hydrogen-bond acceptors (Lipinski definition) is 9. The van der Waals surface area contributed by atoms with Crippen LogP contribution in [0.5, 0.6) is 0 Å². The molecule has 0 saturated carbocycles. The summed E-state index contributed by atoms with van der Waals surface area (Å²) in [6, 6.07) is 21.8. The van der Waals surface area contributed by atoms with Crippen molar-refractivity contribution in [2.24, 2.45) is 0 Å². The zero-order valence-electron chi connectivity index (χ0n) is 27.0. The number of alkyl carbamates (subject to hydrolysis) is 1. The molecule has 1 unspecified atom stereocenters. The summed E-state index contributed by atoms with van der Waals surface area (Å²) in [4.78, 5) is 55.1. The molecule has 0 bridgehead atoms. The van der Waals surface area contributed by atoms with Crippen LogP contribution in [0.15, 0.2) is 95.7 Å². The number of carbonyl (C=O) groups excluding carboxylic acids is 4. The number of fused-ring (bicyclic) bond motifs is 1. The Kier molecular flexibility index (Phi) is 10.6. The Morgan fingerprint density at radius 3 is 2.10 bits per heavy atom. The highest BCUT2D eigenvalue weighted by Gasteiger charge is 2.55. The number of nitrogens with one attached hydrogen (secondary N) is 3. The molecule has 3 N–H and O–H groups in total. The van der Waals surface area contributed by atoms with Crippen LogP contribution in [0.4, 0.5) is 10.5 Å². The number of amides is 3. The highest BCUT2D eigenvalue weighted by molar-refractivity contribution is 8.00. The maximum atomic E-state index is 13.8. The number of thioether (sulfide) groups is 1. The van der Waals surface area contributed by atoms with Crippen molar-refractivity contribution in [1.29, 1.82) is 0 Å². The molecule has 1 saturated heterocycles. The van der Waals surface area contributed by atoms with Gasteiger partial charge in [-0.05, 0) is 49.6 Å². The summed E-state index contributed by atoms with van der Waals surface area (Å²) in [5.74, 6) is -1.99. The highest BCUT2D eigenvalue weighted by atomic mass is 35.5. The van der Waals surface area contributed by atoms with E-state index in [0.29, 0.717) is 0 Å². The van der Waals surface area contributed by atoms with Gasteiger partial charge >= 0.3 is 12.1 Å². The van der Waals surface area contributed by atoms with Crippen LogP contribution in [-0.4, -0.2) is 66.2 Å². The molecule has 0 aromatic heterocycles. The van der Waals surface area contributed by atoms with Crippen LogP contribution >= 0.6 is 23.4 Å². The molecule has 0 radical (unpaired) electrons. The predicted molar refractivity (Wildman–Crippen MR) is 186 cm³/mol. The largest absolute Gasteiger partial charge is 0.448 e. The van der Waals surface area contributed by atoms with Crippen molar-refractivity contribution >= 4 is 63.0 Å². The van der Waals surface area contributed by atoms with Crippen LogP contribution in [0.25, 0.3) is 0 Å². The fraction of sp³-hybridized carbons (Fsp3) is 0.294. The van der Waals surface area contributed by atoms with Crippen molar-refractivity contribution in [1.82, 2.24) is 15.5 Å². The Morgan fingerprint density at radius 2 is 1.53 bits per heavy atom. The Hall–Kier alpha value is -4.53. The molecule has 5 rings (SSSR count). The summed E-state index contributed by atoms with van der Waals surface area (Å²) in [6.07, 6.45) is -0.708. The molecule has 0 spiro atoms. The molecule has 1 fully saturated rings. The van der Waals surface area contributed by atoms with Crippen molar-refractivity contribution in [3.05, 3.63) is 112 Å². The average molecular weight is 727 g/mol. The number of nitrogens with zero attached hydrogens (tertiary/aromatic N) is 1. The average Bonchev–Trinajstić information content (AvgIpc) is 3.04. The molecule has 2 heterocycles. The number of benzene rings is 3. The molecule has 2 aliphatic heterocycles. The van der Waals surface area contributed by atoms with Gasteiger partial charge in [-0.25, -0.2) is 18.0 Å². The number of rotatable bonds is 10. The van der Waals surface area contributed by atoms with E-state index in [1.807, 2.05) is 60.7 Å². The quantitative estimate of drug-likeness (QED) is 0.197. The van der Waals surface area contributed by atoms with E-state index < -0.39 is 63.1 Å². The Morgan fingerprint density at radius 1 is 0.939 bits per heavy atom. The molecule has 3 aromatic carbocycles. The molecule has 3 aromatic rings. The number of sulfonamides is 1. The number of ether oxygens (including phenoxy) is 2. The first-order valence-electron chi connectivity index (χ1n) is 15.1. The van der Waals surface area contributed by atoms with E-state index in [1.54, 1.807) is 20.8 Å². The standard InChI is InChI=1S/C34H35ClN4O8S2/c1-34(2,3)47-33(43)37-25(22-16-11-17-23(18-22)38-49(4,44)45)29(40)36-26-30(41)39-27(24(35)19-48-31(26)39)32(42)46-28(20-12-7-5-8-13-20)21-14-9-6-10-15-21/h5-18,25-26,28,31,38H,19H2,1-4H3,(H,36,40)(H,37,43)/t25?,26-,31+/m1/s1. The first-order valence-corrected chi connectivity index (χ1v) is 18.4. The van der Waals surface area contributed by atoms with Gasteiger partial charge in [-0.2, -0.15) is 0 Å². The predicted octanol–water partition coefficient (Wildman–Crippen LogP) is 4.81. The van der Waals surface area contributed by atoms with Gasteiger partial charge in [0.15, 0.2) is 6.10 Å². The molecule has 3 atom stereocenters. The molecular formula is C34H35ClN4O8S2. The number of anilines is 1. The Bertz CT molecular complexity index is 1840. The maximum absolute atomic E-state index is 13.8. The van der Waals surface area contributed by atoms with Gasteiger partial charge in [-0.1, -0.05) is 84.4 Å². The van der Waals surface area contributed by atoms with E-state index in [-0.39, 0.29) is 27.7 Å². The monoisotopic (exact) mass is 726 g/mol. The molecule has 0 aliphatic carbocycles. The van der Waals surface area contributed by atoms with Gasteiger partial charge in [0, 0.05) is 11.4 Å². The van der Waals surface area contributed by atoms with E-state index in [9.17, 15) is 27.6 Å². The van der Waals surface area contributed by atoms with Crippen molar-refractivity contribution in [3.8, 4) is 0 Å². The van der Waals surface area contributed by atoms with Gasteiger partial charge < -0.3 is 20.1 Å². The lowest BCUT2D eigenvalue weighted by molar-refractivity contribution is -0.154. The summed E-state index contributed by atoms with van der Waals surface area (Å²) in [5.41, 5.74) is 0.826.